The van der Waals surface area contributed by atoms with Crippen LogP contribution in [0.15, 0.2) is 24.3 Å². The van der Waals surface area contributed by atoms with E-state index in [-0.39, 0.29) is 30.0 Å². The number of benzene rings is 1. The first-order valence-corrected chi connectivity index (χ1v) is 7.78. The molecule has 0 aliphatic rings. The van der Waals surface area contributed by atoms with Gasteiger partial charge in [-0.1, -0.05) is 20.8 Å². The summed E-state index contributed by atoms with van der Waals surface area (Å²) in [5, 5.41) is 2.91. The van der Waals surface area contributed by atoms with E-state index in [0.29, 0.717) is 12.1 Å². The lowest BCUT2D eigenvalue weighted by Gasteiger charge is -2.26. The van der Waals surface area contributed by atoms with Crippen molar-refractivity contribution in [2.45, 2.75) is 58.6 Å². The van der Waals surface area contributed by atoms with Crippen molar-refractivity contribution in [2.75, 3.05) is 6.54 Å². The standard InChI is InChI=1S/C17H28N2O2.ClH/c1-5-13(4)21-15-10-8-14(9-11-15)16(20)19-12-17(18,6-2)7-3;/h8-11,13H,5-7,12,18H2,1-4H3,(H,19,20);1H. The minimum absolute atomic E-state index is 0. The van der Waals surface area contributed by atoms with Crippen LogP contribution in [0, 0.1) is 0 Å². The van der Waals surface area contributed by atoms with Gasteiger partial charge in [0.1, 0.15) is 5.75 Å². The van der Waals surface area contributed by atoms with Crippen LogP contribution in [0.1, 0.15) is 57.3 Å². The highest BCUT2D eigenvalue weighted by molar-refractivity contribution is 5.94. The van der Waals surface area contributed by atoms with Crippen LogP contribution in [0.3, 0.4) is 0 Å². The molecule has 1 rings (SSSR count). The zero-order valence-electron chi connectivity index (χ0n) is 14.0. The van der Waals surface area contributed by atoms with Gasteiger partial charge in [-0.05, 0) is 50.5 Å². The number of hydrogen-bond donors (Lipinski definition) is 2. The van der Waals surface area contributed by atoms with Gasteiger partial charge in [0.05, 0.1) is 6.10 Å². The lowest BCUT2D eigenvalue weighted by molar-refractivity contribution is 0.0942. The Morgan fingerprint density at radius 1 is 1.23 bits per heavy atom. The van der Waals surface area contributed by atoms with Crippen LogP contribution in [0.4, 0.5) is 0 Å². The third-order valence-electron chi connectivity index (χ3n) is 4.04. The quantitative estimate of drug-likeness (QED) is 0.767. The molecule has 0 aromatic heterocycles. The van der Waals surface area contributed by atoms with Gasteiger partial charge in [-0.2, -0.15) is 0 Å². The first kappa shape index (κ1) is 20.7. The average Bonchev–Trinajstić information content (AvgIpc) is 2.52. The molecule has 0 aliphatic heterocycles. The summed E-state index contributed by atoms with van der Waals surface area (Å²) in [4.78, 5) is 12.1. The Balaban J connectivity index is 0.00000441. The molecular formula is C17H29ClN2O2. The van der Waals surface area contributed by atoms with Crippen molar-refractivity contribution in [1.82, 2.24) is 5.32 Å². The fraction of sp³-hybridized carbons (Fsp3) is 0.588. The molecule has 3 N–H and O–H groups in total. The van der Waals surface area contributed by atoms with E-state index in [4.69, 9.17) is 10.5 Å². The van der Waals surface area contributed by atoms with Gasteiger partial charge in [0.2, 0.25) is 0 Å². The summed E-state index contributed by atoms with van der Waals surface area (Å²) in [6, 6.07) is 7.22. The van der Waals surface area contributed by atoms with Crippen molar-refractivity contribution >= 4 is 18.3 Å². The molecule has 0 bridgehead atoms. The van der Waals surface area contributed by atoms with Crippen LogP contribution in [-0.2, 0) is 0 Å². The largest absolute Gasteiger partial charge is 0.491 e. The third kappa shape index (κ3) is 6.24. The number of halogens is 1. The Morgan fingerprint density at radius 3 is 2.23 bits per heavy atom. The topological polar surface area (TPSA) is 64.3 Å². The summed E-state index contributed by atoms with van der Waals surface area (Å²) in [5.41, 5.74) is 6.48. The maximum atomic E-state index is 12.1. The average molecular weight is 329 g/mol. The van der Waals surface area contributed by atoms with E-state index in [9.17, 15) is 4.79 Å². The molecule has 0 aliphatic carbocycles. The Kier molecular flexibility index (Phi) is 9.14. The summed E-state index contributed by atoms with van der Waals surface area (Å²) in [5.74, 6) is 0.693. The van der Waals surface area contributed by atoms with Gasteiger partial charge in [0.25, 0.3) is 5.91 Å². The first-order valence-electron chi connectivity index (χ1n) is 7.78. The van der Waals surface area contributed by atoms with E-state index in [1.807, 2.05) is 32.9 Å². The van der Waals surface area contributed by atoms with Gasteiger partial charge in [0, 0.05) is 17.6 Å². The molecule has 1 amide bonds. The summed E-state index contributed by atoms with van der Waals surface area (Å²) >= 11 is 0. The number of ether oxygens (including phenoxy) is 1. The van der Waals surface area contributed by atoms with Gasteiger partial charge in [0.15, 0.2) is 0 Å². The molecule has 0 saturated heterocycles. The fourth-order valence-electron chi connectivity index (χ4n) is 1.86. The molecule has 1 unspecified atom stereocenters. The maximum Gasteiger partial charge on any atom is 0.251 e. The Hall–Kier alpha value is -1.26. The van der Waals surface area contributed by atoms with Gasteiger partial charge in [-0.25, -0.2) is 0 Å². The van der Waals surface area contributed by atoms with E-state index >= 15 is 0 Å². The fourth-order valence-corrected chi connectivity index (χ4v) is 1.86. The van der Waals surface area contributed by atoms with Gasteiger partial charge in [-0.3, -0.25) is 4.79 Å². The Bertz CT molecular complexity index is 444. The smallest absolute Gasteiger partial charge is 0.251 e. The Morgan fingerprint density at radius 2 is 1.77 bits per heavy atom. The molecule has 1 aromatic carbocycles. The van der Waals surface area contributed by atoms with Crippen molar-refractivity contribution < 1.29 is 9.53 Å². The van der Waals surface area contributed by atoms with Gasteiger partial charge < -0.3 is 15.8 Å². The molecule has 1 atom stereocenters. The van der Waals surface area contributed by atoms with Crippen LogP contribution >= 0.6 is 12.4 Å². The zero-order valence-corrected chi connectivity index (χ0v) is 14.8. The molecule has 0 fully saturated rings. The number of carbonyl (C=O) groups excluding carboxylic acids is 1. The number of nitrogens with two attached hydrogens (primary N) is 1. The van der Waals surface area contributed by atoms with Crippen LogP contribution in [0.2, 0.25) is 0 Å². The van der Waals surface area contributed by atoms with E-state index in [2.05, 4.69) is 12.2 Å². The summed E-state index contributed by atoms with van der Waals surface area (Å²) < 4.78 is 5.70. The second kappa shape index (κ2) is 9.70. The van der Waals surface area contributed by atoms with Crippen LogP contribution in [0.25, 0.3) is 0 Å². The van der Waals surface area contributed by atoms with Crippen molar-refractivity contribution in [2.24, 2.45) is 5.73 Å². The predicted molar refractivity (Wildman–Crippen MR) is 93.9 cm³/mol. The lowest BCUT2D eigenvalue weighted by atomic mass is 9.94. The normalized spacial score (nSPS) is 12.2. The van der Waals surface area contributed by atoms with E-state index < -0.39 is 0 Å². The second-order valence-corrected chi connectivity index (χ2v) is 5.61. The highest BCUT2D eigenvalue weighted by atomic mass is 35.5. The molecule has 0 saturated carbocycles. The predicted octanol–water partition coefficient (Wildman–Crippen LogP) is 3.53. The molecule has 0 radical (unpaired) electrons. The zero-order chi connectivity index (χ0) is 15.9. The molecule has 4 nitrogen and oxygen atoms in total. The van der Waals surface area contributed by atoms with Gasteiger partial charge >= 0.3 is 0 Å². The number of carbonyl (C=O) groups is 1. The minimum atomic E-state index is -0.324. The molecule has 5 heteroatoms. The van der Waals surface area contributed by atoms with Crippen LogP contribution in [0.5, 0.6) is 5.75 Å². The summed E-state index contributed by atoms with van der Waals surface area (Å²) in [7, 11) is 0. The minimum Gasteiger partial charge on any atom is -0.491 e. The molecule has 0 spiro atoms. The summed E-state index contributed by atoms with van der Waals surface area (Å²) in [6.45, 7) is 8.67. The monoisotopic (exact) mass is 328 g/mol. The van der Waals surface area contributed by atoms with Crippen molar-refractivity contribution in [3.63, 3.8) is 0 Å². The van der Waals surface area contributed by atoms with Gasteiger partial charge in [-0.15, -0.1) is 12.4 Å². The molecule has 22 heavy (non-hydrogen) atoms. The number of nitrogens with one attached hydrogen (secondary N) is 1. The second-order valence-electron chi connectivity index (χ2n) is 5.61. The van der Waals surface area contributed by atoms with Crippen molar-refractivity contribution in [3.05, 3.63) is 29.8 Å². The van der Waals surface area contributed by atoms with E-state index in [0.717, 1.165) is 25.0 Å². The maximum absolute atomic E-state index is 12.1. The molecular weight excluding hydrogens is 300 g/mol. The highest BCUT2D eigenvalue weighted by Gasteiger charge is 2.21. The van der Waals surface area contributed by atoms with Crippen molar-refractivity contribution in [1.29, 1.82) is 0 Å². The highest BCUT2D eigenvalue weighted by Crippen LogP contribution is 2.15. The SMILES string of the molecule is CCC(C)Oc1ccc(C(=O)NCC(N)(CC)CC)cc1.Cl. The molecule has 0 heterocycles. The van der Waals surface area contributed by atoms with Crippen molar-refractivity contribution in [3.8, 4) is 5.75 Å². The third-order valence-corrected chi connectivity index (χ3v) is 4.04. The molecule has 1 aromatic rings. The number of rotatable bonds is 8. The number of amides is 1. The lowest BCUT2D eigenvalue weighted by Crippen LogP contribution is -2.49. The number of hydrogen-bond acceptors (Lipinski definition) is 3. The first-order chi connectivity index (χ1) is 9.94. The van der Waals surface area contributed by atoms with Crippen LogP contribution in [-0.4, -0.2) is 24.1 Å². The van der Waals surface area contributed by atoms with Crippen LogP contribution < -0.4 is 15.8 Å². The molecule has 126 valence electrons. The van der Waals surface area contributed by atoms with E-state index in [1.165, 1.54) is 0 Å². The summed E-state index contributed by atoms with van der Waals surface area (Å²) in [6.07, 6.45) is 2.81. The van der Waals surface area contributed by atoms with E-state index in [1.54, 1.807) is 12.1 Å². The Labute approximate surface area is 140 Å².